The number of benzene rings is 3. The Labute approximate surface area is 181 Å². The van der Waals surface area contributed by atoms with Gasteiger partial charge in [-0.1, -0.05) is 34.1 Å². The summed E-state index contributed by atoms with van der Waals surface area (Å²) in [5.41, 5.74) is 2.32. The van der Waals surface area contributed by atoms with Crippen LogP contribution >= 0.6 is 15.9 Å². The van der Waals surface area contributed by atoms with Crippen LogP contribution in [-0.4, -0.2) is 15.2 Å². The van der Waals surface area contributed by atoms with Gasteiger partial charge in [0.15, 0.2) is 5.75 Å². The smallest absolute Gasteiger partial charge is 0.328 e. The lowest BCUT2D eigenvalue weighted by molar-refractivity contribution is 0.262. The number of carbonyl (C=O) groups is 1. The summed E-state index contributed by atoms with van der Waals surface area (Å²) >= 11 is 3.37. The van der Waals surface area contributed by atoms with Crippen LogP contribution in [0.15, 0.2) is 76.0 Å². The van der Waals surface area contributed by atoms with Gasteiger partial charge in [-0.3, -0.25) is 9.13 Å². The van der Waals surface area contributed by atoms with Crippen molar-refractivity contribution >= 4 is 44.4 Å². The third-order valence-electron chi connectivity index (χ3n) is 4.69. The summed E-state index contributed by atoms with van der Waals surface area (Å²) in [6.45, 7) is 0. The Morgan fingerprint density at radius 3 is 2.20 bits per heavy atom. The molecule has 0 aliphatic rings. The highest BCUT2D eigenvalue weighted by Crippen LogP contribution is 2.33. The van der Waals surface area contributed by atoms with Gasteiger partial charge in [0.05, 0.1) is 16.7 Å². The van der Waals surface area contributed by atoms with E-state index in [1.165, 1.54) is 4.57 Å². The molecule has 0 fully saturated rings. The van der Waals surface area contributed by atoms with Gasteiger partial charge in [-0.05, 0) is 42.5 Å². The summed E-state index contributed by atoms with van der Waals surface area (Å²) < 4.78 is 10.0. The number of hydrogen-bond acceptors (Lipinski definition) is 3. The second-order valence-electron chi connectivity index (χ2n) is 6.74. The number of rotatable bonds is 4. The molecule has 30 heavy (non-hydrogen) atoms. The minimum absolute atomic E-state index is 0.160. The first kappa shape index (κ1) is 19.8. The van der Waals surface area contributed by atoms with Crippen LogP contribution in [0.2, 0.25) is 0 Å². The van der Waals surface area contributed by atoms with Crippen LogP contribution in [0.1, 0.15) is 0 Å². The zero-order chi connectivity index (χ0) is 21.3. The van der Waals surface area contributed by atoms with Gasteiger partial charge in [0.25, 0.3) is 0 Å². The largest absolute Gasteiger partial charge is 0.455 e. The average molecular weight is 467 g/mol. The summed E-state index contributed by atoms with van der Waals surface area (Å²) in [6.07, 6.45) is 0. The molecule has 1 aromatic heterocycles. The summed E-state index contributed by atoms with van der Waals surface area (Å²) in [7, 11) is 3.39. The Bertz CT molecular complexity index is 1280. The number of ether oxygens (including phenoxy) is 1. The number of aromatic nitrogens is 2. The summed E-state index contributed by atoms with van der Waals surface area (Å²) in [4.78, 5) is 24.9. The molecule has 0 radical (unpaired) electrons. The topological polar surface area (TPSA) is 77.3 Å². The lowest BCUT2D eigenvalue weighted by atomic mass is 10.2. The van der Waals surface area contributed by atoms with Gasteiger partial charge in [0, 0.05) is 30.3 Å². The number of nitrogens with zero attached hydrogens (tertiary/aromatic N) is 2. The van der Waals surface area contributed by atoms with Crippen molar-refractivity contribution in [3.8, 4) is 11.5 Å². The number of fused-ring (bicyclic) bond motifs is 1. The standard InChI is InChI=1S/C22H19BrN4O3/c1-26-18-12-17(25-21(28)24-15-10-8-14(23)9-11-15)20(13-19(18)27(2)22(26)29)30-16-6-4-3-5-7-16/h3-13H,1-2H3,(H2,24,25,28). The van der Waals surface area contributed by atoms with Crippen LogP contribution < -0.4 is 21.1 Å². The highest BCUT2D eigenvalue weighted by Gasteiger charge is 2.16. The molecule has 2 N–H and O–H groups in total. The molecule has 0 aliphatic carbocycles. The fraction of sp³-hybridized carbons (Fsp3) is 0.0909. The maximum atomic E-state index is 12.6. The molecule has 0 aliphatic heterocycles. The van der Waals surface area contributed by atoms with Gasteiger partial charge in [0.2, 0.25) is 0 Å². The number of para-hydroxylation sites is 1. The molecule has 152 valence electrons. The quantitative estimate of drug-likeness (QED) is 0.440. The molecule has 8 heteroatoms. The fourth-order valence-corrected chi connectivity index (χ4v) is 3.41. The molecule has 0 saturated carbocycles. The molecule has 0 atom stereocenters. The fourth-order valence-electron chi connectivity index (χ4n) is 3.14. The second-order valence-corrected chi connectivity index (χ2v) is 7.65. The van der Waals surface area contributed by atoms with Gasteiger partial charge in [-0.15, -0.1) is 0 Å². The summed E-state index contributed by atoms with van der Waals surface area (Å²) in [6, 6.07) is 19.6. The number of imidazole rings is 1. The Morgan fingerprint density at radius 2 is 1.53 bits per heavy atom. The minimum atomic E-state index is -0.421. The van der Waals surface area contributed by atoms with E-state index in [4.69, 9.17) is 4.74 Å². The molecule has 7 nitrogen and oxygen atoms in total. The van der Waals surface area contributed by atoms with E-state index in [-0.39, 0.29) is 5.69 Å². The van der Waals surface area contributed by atoms with Gasteiger partial charge < -0.3 is 15.4 Å². The van der Waals surface area contributed by atoms with Crippen molar-refractivity contribution in [1.82, 2.24) is 9.13 Å². The lowest BCUT2D eigenvalue weighted by Crippen LogP contribution is -2.20. The van der Waals surface area contributed by atoms with E-state index in [9.17, 15) is 9.59 Å². The molecule has 3 aromatic carbocycles. The first-order chi connectivity index (χ1) is 14.4. The van der Waals surface area contributed by atoms with Crippen LogP contribution in [0.5, 0.6) is 11.5 Å². The molecule has 0 unspecified atom stereocenters. The number of carbonyl (C=O) groups excluding carboxylic acids is 1. The van der Waals surface area contributed by atoms with Crippen molar-refractivity contribution in [2.45, 2.75) is 0 Å². The molecular formula is C22H19BrN4O3. The van der Waals surface area contributed by atoms with Gasteiger partial charge in [0.1, 0.15) is 5.75 Å². The number of anilines is 2. The zero-order valence-corrected chi connectivity index (χ0v) is 17.9. The Balaban J connectivity index is 1.71. The average Bonchev–Trinajstić information content (AvgIpc) is 2.94. The van der Waals surface area contributed by atoms with Crippen molar-refractivity contribution < 1.29 is 9.53 Å². The van der Waals surface area contributed by atoms with Crippen molar-refractivity contribution in [3.63, 3.8) is 0 Å². The molecule has 4 rings (SSSR count). The second kappa shape index (κ2) is 8.08. The first-order valence-electron chi connectivity index (χ1n) is 9.18. The highest BCUT2D eigenvalue weighted by atomic mass is 79.9. The number of hydrogen-bond donors (Lipinski definition) is 2. The monoisotopic (exact) mass is 466 g/mol. The van der Waals surface area contributed by atoms with Crippen molar-refractivity contribution in [3.05, 3.63) is 81.7 Å². The summed E-state index contributed by atoms with van der Waals surface area (Å²) in [5.74, 6) is 1.05. The van der Waals surface area contributed by atoms with E-state index in [2.05, 4.69) is 26.6 Å². The molecule has 2 amide bonds. The number of urea groups is 1. The van der Waals surface area contributed by atoms with E-state index >= 15 is 0 Å². The third kappa shape index (κ3) is 3.95. The first-order valence-corrected chi connectivity index (χ1v) is 9.97. The zero-order valence-electron chi connectivity index (χ0n) is 16.3. The Hall–Kier alpha value is -3.52. The molecule has 1 heterocycles. The van der Waals surface area contributed by atoms with Crippen LogP contribution in [0.25, 0.3) is 11.0 Å². The van der Waals surface area contributed by atoms with E-state index in [0.29, 0.717) is 33.9 Å². The van der Waals surface area contributed by atoms with Crippen molar-refractivity contribution in [2.24, 2.45) is 14.1 Å². The summed E-state index contributed by atoms with van der Waals surface area (Å²) in [5, 5.41) is 5.62. The van der Waals surface area contributed by atoms with Gasteiger partial charge in [-0.25, -0.2) is 9.59 Å². The molecule has 4 aromatic rings. The predicted octanol–water partition coefficient (Wildman–Crippen LogP) is 5.08. The maximum Gasteiger partial charge on any atom is 0.328 e. The van der Waals surface area contributed by atoms with Crippen LogP contribution in [0.4, 0.5) is 16.2 Å². The number of amides is 2. The normalized spacial score (nSPS) is 10.8. The lowest BCUT2D eigenvalue weighted by Gasteiger charge is -2.14. The van der Waals surface area contributed by atoms with Gasteiger partial charge >= 0.3 is 11.7 Å². The Morgan fingerprint density at radius 1 is 0.900 bits per heavy atom. The number of halogens is 1. The van der Waals surface area contributed by atoms with E-state index < -0.39 is 6.03 Å². The van der Waals surface area contributed by atoms with Crippen LogP contribution in [0.3, 0.4) is 0 Å². The molecular weight excluding hydrogens is 448 g/mol. The number of nitrogens with one attached hydrogen (secondary N) is 2. The SMILES string of the molecule is Cn1c(=O)n(C)c2cc(Oc3ccccc3)c(NC(=O)Nc3ccc(Br)cc3)cc21. The maximum absolute atomic E-state index is 12.6. The number of aryl methyl sites for hydroxylation is 2. The Kier molecular flexibility index (Phi) is 5.33. The van der Waals surface area contributed by atoms with Crippen molar-refractivity contribution in [1.29, 1.82) is 0 Å². The predicted molar refractivity (Wildman–Crippen MR) is 121 cm³/mol. The molecule has 0 saturated heterocycles. The minimum Gasteiger partial charge on any atom is -0.455 e. The third-order valence-corrected chi connectivity index (χ3v) is 5.22. The van der Waals surface area contributed by atoms with E-state index in [0.717, 1.165) is 4.47 Å². The molecule has 0 bridgehead atoms. The van der Waals surface area contributed by atoms with E-state index in [1.54, 1.807) is 42.9 Å². The highest BCUT2D eigenvalue weighted by molar-refractivity contribution is 9.10. The van der Waals surface area contributed by atoms with E-state index in [1.807, 2.05) is 42.5 Å². The van der Waals surface area contributed by atoms with Crippen LogP contribution in [0, 0.1) is 0 Å². The van der Waals surface area contributed by atoms with Gasteiger partial charge in [-0.2, -0.15) is 0 Å². The molecule has 0 spiro atoms. The van der Waals surface area contributed by atoms with Crippen LogP contribution in [-0.2, 0) is 14.1 Å². The van der Waals surface area contributed by atoms with Crippen molar-refractivity contribution in [2.75, 3.05) is 10.6 Å².